The fraction of sp³-hybridized carbons (Fsp3) is 0.368. The molecule has 3 rings (SSSR count). The SMILES string of the molecule is Cc1cnc(Cn2cc(CCCCC(N)=O)c3c(Cl)nc(N)nc32)c(C)c1Br. The molecule has 0 spiro atoms. The number of nitrogens with zero attached hydrogens (tertiary/aromatic N) is 4. The summed E-state index contributed by atoms with van der Waals surface area (Å²) >= 11 is 10.0. The number of anilines is 1. The second-order valence-corrected chi connectivity index (χ2v) is 8.00. The first-order valence-electron chi connectivity index (χ1n) is 8.97. The van der Waals surface area contributed by atoms with Gasteiger partial charge in [-0.15, -0.1) is 0 Å². The average molecular weight is 466 g/mol. The molecular weight excluding hydrogens is 444 g/mol. The normalized spacial score (nSPS) is 11.3. The number of aryl methyl sites for hydroxylation is 2. The standard InChI is InChI=1S/C19H22BrClN6O/c1-10-7-24-13(11(2)16(10)20)9-27-8-12(5-3-4-6-14(22)28)15-17(21)25-19(23)26-18(15)27/h7-8H,3-6,9H2,1-2H3,(H2,22,28)(H2,23,25,26). The van der Waals surface area contributed by atoms with Gasteiger partial charge < -0.3 is 16.0 Å². The van der Waals surface area contributed by atoms with Crippen LogP contribution in [0.2, 0.25) is 5.15 Å². The molecule has 0 bridgehead atoms. The molecular formula is C19H22BrClN6O. The number of unbranched alkanes of at least 4 members (excludes halogenated alkanes) is 1. The molecule has 1 amide bonds. The largest absolute Gasteiger partial charge is 0.370 e. The van der Waals surface area contributed by atoms with Crippen molar-refractivity contribution < 1.29 is 4.79 Å². The van der Waals surface area contributed by atoms with E-state index in [1.807, 2.05) is 30.8 Å². The van der Waals surface area contributed by atoms with Crippen LogP contribution >= 0.6 is 27.5 Å². The Hall–Kier alpha value is -2.19. The van der Waals surface area contributed by atoms with Crippen LogP contribution in [0.25, 0.3) is 11.0 Å². The number of pyridine rings is 1. The zero-order valence-corrected chi connectivity index (χ0v) is 18.1. The quantitative estimate of drug-likeness (QED) is 0.408. The molecule has 0 aliphatic rings. The highest BCUT2D eigenvalue weighted by molar-refractivity contribution is 9.10. The van der Waals surface area contributed by atoms with Crippen LogP contribution in [0.15, 0.2) is 16.9 Å². The summed E-state index contributed by atoms with van der Waals surface area (Å²) in [5.74, 6) is -0.157. The van der Waals surface area contributed by atoms with E-state index in [2.05, 4.69) is 30.9 Å². The monoisotopic (exact) mass is 464 g/mol. The molecule has 0 aliphatic heterocycles. The highest BCUT2D eigenvalue weighted by Gasteiger charge is 2.17. The van der Waals surface area contributed by atoms with Gasteiger partial charge in [-0.3, -0.25) is 9.78 Å². The Morgan fingerprint density at radius 2 is 2.04 bits per heavy atom. The van der Waals surface area contributed by atoms with Crippen LogP contribution in [0.3, 0.4) is 0 Å². The lowest BCUT2D eigenvalue weighted by Crippen LogP contribution is -2.09. The lowest BCUT2D eigenvalue weighted by molar-refractivity contribution is -0.118. The molecule has 9 heteroatoms. The van der Waals surface area contributed by atoms with E-state index in [9.17, 15) is 4.79 Å². The van der Waals surface area contributed by atoms with Crippen molar-refractivity contribution in [3.05, 3.63) is 44.4 Å². The molecule has 0 aromatic carbocycles. The van der Waals surface area contributed by atoms with E-state index in [1.54, 1.807) is 0 Å². The number of aromatic nitrogens is 4. The van der Waals surface area contributed by atoms with E-state index in [-0.39, 0.29) is 11.9 Å². The predicted molar refractivity (Wildman–Crippen MR) is 114 cm³/mol. The van der Waals surface area contributed by atoms with Gasteiger partial charge in [0.25, 0.3) is 0 Å². The molecule has 0 fully saturated rings. The molecule has 0 unspecified atom stereocenters. The lowest BCUT2D eigenvalue weighted by Gasteiger charge is -2.10. The average Bonchev–Trinajstić information content (AvgIpc) is 2.96. The number of hydrogen-bond acceptors (Lipinski definition) is 5. The Kier molecular flexibility index (Phi) is 6.20. The van der Waals surface area contributed by atoms with Crippen molar-refractivity contribution >= 4 is 50.4 Å². The van der Waals surface area contributed by atoms with Crippen molar-refractivity contribution in [2.24, 2.45) is 5.73 Å². The van der Waals surface area contributed by atoms with Gasteiger partial charge in [0, 0.05) is 23.3 Å². The predicted octanol–water partition coefficient (Wildman–Crippen LogP) is 3.69. The Morgan fingerprint density at radius 3 is 2.75 bits per heavy atom. The molecule has 3 heterocycles. The fourth-order valence-electron chi connectivity index (χ4n) is 3.23. The van der Waals surface area contributed by atoms with Crippen LogP contribution < -0.4 is 11.5 Å². The number of carbonyl (C=O) groups excluding carboxylic acids is 1. The third-order valence-electron chi connectivity index (χ3n) is 4.73. The number of rotatable bonds is 7. The third-order valence-corrected chi connectivity index (χ3v) is 6.22. The number of hydrogen-bond donors (Lipinski definition) is 2. The first-order valence-corrected chi connectivity index (χ1v) is 10.1. The van der Waals surface area contributed by atoms with Gasteiger partial charge in [0.05, 0.1) is 17.6 Å². The van der Waals surface area contributed by atoms with Crippen molar-refractivity contribution in [2.45, 2.75) is 46.1 Å². The molecule has 3 aromatic heterocycles. The Balaban J connectivity index is 1.98. The van der Waals surface area contributed by atoms with Gasteiger partial charge in [-0.1, -0.05) is 27.5 Å². The highest BCUT2D eigenvalue weighted by Crippen LogP contribution is 2.30. The van der Waals surface area contributed by atoms with Crippen LogP contribution in [-0.2, 0) is 17.8 Å². The lowest BCUT2D eigenvalue weighted by atomic mass is 10.1. The Bertz CT molecular complexity index is 1050. The Morgan fingerprint density at radius 1 is 1.29 bits per heavy atom. The van der Waals surface area contributed by atoms with Crippen molar-refractivity contribution in [3.8, 4) is 0 Å². The maximum atomic E-state index is 11.0. The van der Waals surface area contributed by atoms with E-state index in [0.717, 1.165) is 51.5 Å². The van der Waals surface area contributed by atoms with E-state index in [4.69, 9.17) is 23.1 Å². The van der Waals surface area contributed by atoms with Crippen LogP contribution in [0.1, 0.15) is 41.6 Å². The fourth-order valence-corrected chi connectivity index (χ4v) is 3.86. The van der Waals surface area contributed by atoms with Crippen molar-refractivity contribution in [1.29, 1.82) is 0 Å². The summed E-state index contributed by atoms with van der Waals surface area (Å²) in [6, 6.07) is 0. The van der Waals surface area contributed by atoms with Gasteiger partial charge in [-0.25, -0.2) is 4.98 Å². The summed E-state index contributed by atoms with van der Waals surface area (Å²) in [5, 5.41) is 1.12. The van der Waals surface area contributed by atoms with E-state index in [1.165, 1.54) is 0 Å². The second-order valence-electron chi connectivity index (χ2n) is 6.85. The summed E-state index contributed by atoms with van der Waals surface area (Å²) in [7, 11) is 0. The van der Waals surface area contributed by atoms with E-state index >= 15 is 0 Å². The zero-order chi connectivity index (χ0) is 20.4. The highest BCUT2D eigenvalue weighted by atomic mass is 79.9. The van der Waals surface area contributed by atoms with Crippen molar-refractivity contribution in [3.63, 3.8) is 0 Å². The first kappa shape index (κ1) is 20.5. The number of nitrogens with two attached hydrogens (primary N) is 2. The second kappa shape index (κ2) is 8.45. The number of amides is 1. The number of fused-ring (bicyclic) bond motifs is 1. The van der Waals surface area contributed by atoms with Crippen LogP contribution in [-0.4, -0.2) is 25.4 Å². The van der Waals surface area contributed by atoms with E-state index in [0.29, 0.717) is 23.8 Å². The maximum Gasteiger partial charge on any atom is 0.223 e. The van der Waals surface area contributed by atoms with E-state index < -0.39 is 0 Å². The Labute approximate surface area is 176 Å². The summed E-state index contributed by atoms with van der Waals surface area (Å²) in [6.07, 6.45) is 6.52. The molecule has 3 aromatic rings. The minimum Gasteiger partial charge on any atom is -0.370 e. The number of primary amides is 1. The molecule has 148 valence electrons. The number of carbonyl (C=O) groups is 1. The minimum absolute atomic E-state index is 0.131. The van der Waals surface area contributed by atoms with Crippen molar-refractivity contribution in [1.82, 2.24) is 19.5 Å². The molecule has 0 saturated carbocycles. The van der Waals surface area contributed by atoms with Gasteiger partial charge in [0.2, 0.25) is 11.9 Å². The topological polar surface area (TPSA) is 113 Å². The first-order chi connectivity index (χ1) is 13.3. The van der Waals surface area contributed by atoms with Gasteiger partial charge in [-0.2, -0.15) is 4.98 Å². The van der Waals surface area contributed by atoms with Gasteiger partial charge >= 0.3 is 0 Å². The molecule has 0 aliphatic carbocycles. The third kappa shape index (κ3) is 4.28. The molecule has 7 nitrogen and oxygen atoms in total. The van der Waals surface area contributed by atoms with Crippen LogP contribution in [0.4, 0.5) is 5.95 Å². The smallest absolute Gasteiger partial charge is 0.223 e. The maximum absolute atomic E-state index is 11.0. The molecule has 28 heavy (non-hydrogen) atoms. The van der Waals surface area contributed by atoms with Crippen LogP contribution in [0, 0.1) is 13.8 Å². The van der Waals surface area contributed by atoms with Crippen LogP contribution in [0.5, 0.6) is 0 Å². The van der Waals surface area contributed by atoms with Crippen molar-refractivity contribution in [2.75, 3.05) is 5.73 Å². The summed E-state index contributed by atoms with van der Waals surface area (Å²) < 4.78 is 3.05. The number of nitrogen functional groups attached to an aromatic ring is 1. The van der Waals surface area contributed by atoms with Gasteiger partial charge in [-0.05, 0) is 49.8 Å². The zero-order valence-electron chi connectivity index (χ0n) is 15.8. The van der Waals surface area contributed by atoms with Gasteiger partial charge in [0.15, 0.2) is 0 Å². The number of halogens is 2. The van der Waals surface area contributed by atoms with Gasteiger partial charge in [0.1, 0.15) is 10.8 Å². The summed E-state index contributed by atoms with van der Waals surface area (Å²) in [5.41, 5.74) is 15.9. The molecule has 0 atom stereocenters. The minimum atomic E-state index is -0.289. The molecule has 4 N–H and O–H groups in total. The summed E-state index contributed by atoms with van der Waals surface area (Å²) in [6.45, 7) is 4.58. The molecule has 0 radical (unpaired) electrons. The summed E-state index contributed by atoms with van der Waals surface area (Å²) in [4.78, 5) is 24.1. The molecule has 0 saturated heterocycles.